The third-order valence-corrected chi connectivity index (χ3v) is 7.03. The quantitative estimate of drug-likeness (QED) is 0.176. The Hall–Kier alpha value is -5.72. The van der Waals surface area contributed by atoms with Crippen LogP contribution in [0.3, 0.4) is 0 Å². The molecule has 0 fully saturated rings. The number of carbonyl (C=O) groups is 6. The molecule has 1 aliphatic rings. The fourth-order valence-electron chi connectivity index (χ4n) is 4.95. The molecule has 13 heteroatoms. The lowest BCUT2D eigenvalue weighted by molar-refractivity contribution is -0.151. The van der Waals surface area contributed by atoms with Crippen LogP contribution in [0, 0.1) is 5.92 Å². The van der Waals surface area contributed by atoms with Crippen molar-refractivity contribution >= 4 is 46.9 Å². The van der Waals surface area contributed by atoms with Gasteiger partial charge in [-0.15, -0.1) is 0 Å². The maximum Gasteiger partial charge on any atom is 0.338 e. The van der Waals surface area contributed by atoms with E-state index < -0.39 is 54.8 Å². The van der Waals surface area contributed by atoms with Gasteiger partial charge in [0.05, 0.1) is 41.3 Å². The van der Waals surface area contributed by atoms with Crippen molar-refractivity contribution < 1.29 is 47.7 Å². The molecule has 0 aromatic heterocycles. The summed E-state index contributed by atoms with van der Waals surface area (Å²) >= 11 is 0. The molecule has 0 spiro atoms. The standard InChI is InChI=1S/C35H37N3O10/c1-5-45-28-13-9-7-11-25(28)36-30(39)19-47-34(43)22-15-16-23-24(18-22)33(42)38(32(23)41)27(17-21(3)4)35(44)48-20-31(40)37-26-12-8-10-14-29(26)46-6-2/h7-16,18,21,27H,5-6,17,19-20H2,1-4H3,(H,36,39)(H,37,40)/t27-/m1/s1. The first-order chi connectivity index (χ1) is 23.0. The Labute approximate surface area is 277 Å². The molecule has 0 unspecified atom stereocenters. The number of benzene rings is 3. The van der Waals surface area contributed by atoms with Crippen molar-refractivity contribution in [3.8, 4) is 11.5 Å². The largest absolute Gasteiger partial charge is 0.492 e. The molecule has 1 heterocycles. The molecule has 3 aromatic rings. The molecule has 13 nitrogen and oxygen atoms in total. The summed E-state index contributed by atoms with van der Waals surface area (Å²) in [5, 5.41) is 5.24. The summed E-state index contributed by atoms with van der Waals surface area (Å²) in [4.78, 5) is 78.8. The topological polar surface area (TPSA) is 167 Å². The van der Waals surface area contributed by atoms with E-state index in [0.29, 0.717) is 36.1 Å². The first-order valence-corrected chi connectivity index (χ1v) is 15.4. The van der Waals surface area contributed by atoms with Crippen molar-refractivity contribution in [1.82, 2.24) is 4.90 Å². The minimum absolute atomic E-state index is 0.0198. The third kappa shape index (κ3) is 8.55. The SMILES string of the molecule is CCOc1ccccc1NC(=O)COC(=O)c1ccc2c(c1)C(=O)N([C@H](CC(C)C)C(=O)OCC(=O)Nc1ccccc1OCC)C2=O. The highest BCUT2D eigenvalue weighted by atomic mass is 16.5. The van der Waals surface area contributed by atoms with Gasteiger partial charge >= 0.3 is 11.9 Å². The molecule has 0 aliphatic carbocycles. The van der Waals surface area contributed by atoms with E-state index in [1.54, 1.807) is 76.2 Å². The van der Waals surface area contributed by atoms with E-state index in [0.717, 1.165) is 4.90 Å². The van der Waals surface area contributed by atoms with Crippen LogP contribution in [-0.4, -0.2) is 72.9 Å². The number of imide groups is 1. The van der Waals surface area contributed by atoms with E-state index in [2.05, 4.69) is 10.6 Å². The van der Waals surface area contributed by atoms with Gasteiger partial charge in [0.15, 0.2) is 13.2 Å². The average molecular weight is 660 g/mol. The van der Waals surface area contributed by atoms with Crippen LogP contribution < -0.4 is 20.1 Å². The number of anilines is 2. The number of fused-ring (bicyclic) bond motifs is 1. The highest BCUT2D eigenvalue weighted by Crippen LogP contribution is 2.29. The summed E-state index contributed by atoms with van der Waals surface area (Å²) in [6.07, 6.45) is 0.0650. The predicted octanol–water partition coefficient (Wildman–Crippen LogP) is 4.47. The fourth-order valence-corrected chi connectivity index (χ4v) is 4.95. The second-order valence-electron chi connectivity index (χ2n) is 11.0. The molecule has 3 aromatic carbocycles. The zero-order valence-corrected chi connectivity index (χ0v) is 27.1. The van der Waals surface area contributed by atoms with Crippen LogP contribution in [0.2, 0.25) is 0 Å². The van der Waals surface area contributed by atoms with Gasteiger partial charge in [0.2, 0.25) is 0 Å². The molecule has 252 valence electrons. The zero-order chi connectivity index (χ0) is 34.8. The maximum atomic E-state index is 13.5. The molecule has 0 saturated heterocycles. The lowest BCUT2D eigenvalue weighted by atomic mass is 10.0. The van der Waals surface area contributed by atoms with E-state index in [9.17, 15) is 28.8 Å². The number of rotatable bonds is 15. The number of ether oxygens (including phenoxy) is 4. The number of carbonyl (C=O) groups excluding carboxylic acids is 6. The summed E-state index contributed by atoms with van der Waals surface area (Å²) in [5.41, 5.74) is 0.585. The molecular weight excluding hydrogens is 622 g/mol. The summed E-state index contributed by atoms with van der Waals surface area (Å²) < 4.78 is 21.4. The molecule has 0 radical (unpaired) electrons. The second-order valence-corrected chi connectivity index (χ2v) is 11.0. The van der Waals surface area contributed by atoms with Crippen LogP contribution >= 0.6 is 0 Å². The Morgan fingerprint density at radius 1 is 0.708 bits per heavy atom. The highest BCUT2D eigenvalue weighted by molar-refractivity contribution is 6.23. The number of para-hydroxylation sites is 4. The van der Waals surface area contributed by atoms with Crippen LogP contribution in [0.1, 0.15) is 65.2 Å². The van der Waals surface area contributed by atoms with Gasteiger partial charge < -0.3 is 29.6 Å². The minimum atomic E-state index is -1.33. The lowest BCUT2D eigenvalue weighted by Crippen LogP contribution is -2.46. The first-order valence-electron chi connectivity index (χ1n) is 15.4. The van der Waals surface area contributed by atoms with E-state index in [4.69, 9.17) is 18.9 Å². The van der Waals surface area contributed by atoms with Crippen LogP contribution in [0.15, 0.2) is 66.7 Å². The summed E-state index contributed by atoms with van der Waals surface area (Å²) in [5.74, 6) is -3.91. The number of nitrogens with one attached hydrogen (secondary N) is 2. The van der Waals surface area contributed by atoms with Gasteiger partial charge in [-0.3, -0.25) is 24.1 Å². The second kappa shape index (κ2) is 16.2. The van der Waals surface area contributed by atoms with Gasteiger partial charge in [-0.05, 0) is 68.7 Å². The molecule has 0 saturated carbocycles. The Kier molecular flexibility index (Phi) is 11.9. The minimum Gasteiger partial charge on any atom is -0.492 e. The molecule has 4 amide bonds. The van der Waals surface area contributed by atoms with Crippen LogP contribution in [0.4, 0.5) is 11.4 Å². The molecule has 48 heavy (non-hydrogen) atoms. The van der Waals surface area contributed by atoms with Gasteiger partial charge in [-0.1, -0.05) is 38.1 Å². The first kappa shape index (κ1) is 35.1. The van der Waals surface area contributed by atoms with E-state index in [-0.39, 0.29) is 29.0 Å². The maximum absolute atomic E-state index is 13.5. The van der Waals surface area contributed by atoms with Gasteiger partial charge in [-0.25, -0.2) is 9.59 Å². The normalized spacial score (nSPS) is 12.6. The summed E-state index contributed by atoms with van der Waals surface area (Å²) in [7, 11) is 0. The Morgan fingerprint density at radius 3 is 1.77 bits per heavy atom. The van der Waals surface area contributed by atoms with E-state index in [1.807, 2.05) is 0 Å². The summed E-state index contributed by atoms with van der Waals surface area (Å²) in [6, 6.07) is 16.0. The number of hydrogen-bond acceptors (Lipinski definition) is 10. The molecule has 0 bridgehead atoms. The number of esters is 2. The Morgan fingerprint density at radius 2 is 1.23 bits per heavy atom. The molecule has 2 N–H and O–H groups in total. The van der Waals surface area contributed by atoms with Crippen LogP contribution in [0.5, 0.6) is 11.5 Å². The fraction of sp³-hybridized carbons (Fsp3) is 0.314. The van der Waals surface area contributed by atoms with Crippen molar-refractivity contribution in [2.24, 2.45) is 5.92 Å². The molecule has 4 rings (SSSR count). The number of nitrogens with zero attached hydrogens (tertiary/aromatic N) is 1. The molecule has 1 aliphatic heterocycles. The Bertz CT molecular complexity index is 1700. The van der Waals surface area contributed by atoms with E-state index >= 15 is 0 Å². The van der Waals surface area contributed by atoms with Gasteiger partial charge in [0.1, 0.15) is 17.5 Å². The molecule has 1 atom stereocenters. The number of hydrogen-bond donors (Lipinski definition) is 2. The zero-order valence-electron chi connectivity index (χ0n) is 27.1. The summed E-state index contributed by atoms with van der Waals surface area (Å²) in [6.45, 7) is 6.68. The van der Waals surface area contributed by atoms with Gasteiger partial charge in [-0.2, -0.15) is 0 Å². The smallest absolute Gasteiger partial charge is 0.338 e. The molecular formula is C35H37N3O10. The van der Waals surface area contributed by atoms with Crippen molar-refractivity contribution in [3.63, 3.8) is 0 Å². The number of amides is 4. The van der Waals surface area contributed by atoms with Crippen molar-refractivity contribution in [1.29, 1.82) is 0 Å². The lowest BCUT2D eigenvalue weighted by Gasteiger charge is -2.25. The van der Waals surface area contributed by atoms with Gasteiger partial charge in [0, 0.05) is 0 Å². The van der Waals surface area contributed by atoms with Gasteiger partial charge in [0.25, 0.3) is 23.6 Å². The van der Waals surface area contributed by atoms with Crippen LogP contribution in [-0.2, 0) is 23.9 Å². The average Bonchev–Trinajstić information content (AvgIpc) is 3.31. The van der Waals surface area contributed by atoms with E-state index in [1.165, 1.54) is 18.2 Å². The Balaban J connectivity index is 1.41. The van der Waals surface area contributed by atoms with Crippen molar-refractivity contribution in [3.05, 3.63) is 83.4 Å². The van der Waals surface area contributed by atoms with Crippen LogP contribution in [0.25, 0.3) is 0 Å². The highest BCUT2D eigenvalue weighted by Gasteiger charge is 2.44. The van der Waals surface area contributed by atoms with Crippen molar-refractivity contribution in [2.75, 3.05) is 37.1 Å². The third-order valence-electron chi connectivity index (χ3n) is 7.03. The predicted molar refractivity (Wildman–Crippen MR) is 174 cm³/mol. The van der Waals surface area contributed by atoms with Crippen molar-refractivity contribution in [2.45, 2.75) is 40.2 Å². The monoisotopic (exact) mass is 659 g/mol.